The van der Waals surface area contributed by atoms with Crippen molar-refractivity contribution in [2.75, 3.05) is 29.2 Å². The molecule has 0 atom stereocenters. The average Bonchev–Trinajstić information content (AvgIpc) is 2.88. The van der Waals surface area contributed by atoms with Crippen LogP contribution in [-0.2, 0) is 25.8 Å². The Hall–Kier alpha value is -2.87. The summed E-state index contributed by atoms with van der Waals surface area (Å²) in [6, 6.07) is 6.22. The highest BCUT2D eigenvalue weighted by atomic mass is 16.2. The van der Waals surface area contributed by atoms with Gasteiger partial charge in [-0.1, -0.05) is 25.5 Å². The number of aryl methyl sites for hydroxylation is 2. The lowest BCUT2D eigenvalue weighted by atomic mass is 9.89. The largest absolute Gasteiger partial charge is 0.362 e. The molecule has 0 bridgehead atoms. The predicted octanol–water partition coefficient (Wildman–Crippen LogP) is 4.53. The third-order valence-electron chi connectivity index (χ3n) is 7.66. The zero-order valence-electron chi connectivity index (χ0n) is 22.2. The number of anilines is 3. The molecule has 1 heterocycles. The van der Waals surface area contributed by atoms with Crippen LogP contribution >= 0.6 is 0 Å². The molecule has 8 heteroatoms. The summed E-state index contributed by atoms with van der Waals surface area (Å²) in [5, 5.41) is 3.60. The fourth-order valence-electron chi connectivity index (χ4n) is 5.74. The van der Waals surface area contributed by atoms with Crippen molar-refractivity contribution in [1.29, 1.82) is 0 Å². The number of amides is 2. The molecule has 2 aliphatic carbocycles. The molecule has 0 unspecified atom stereocenters. The number of hydrogen-bond donors (Lipinski definition) is 3. The van der Waals surface area contributed by atoms with Crippen molar-refractivity contribution >= 4 is 23.5 Å². The molecule has 2 aromatic rings. The van der Waals surface area contributed by atoms with Gasteiger partial charge in [0.1, 0.15) is 5.82 Å². The van der Waals surface area contributed by atoms with Gasteiger partial charge in [-0.2, -0.15) is 4.98 Å². The molecule has 0 saturated heterocycles. The van der Waals surface area contributed by atoms with Crippen LogP contribution in [0.15, 0.2) is 18.2 Å². The van der Waals surface area contributed by atoms with E-state index in [0.717, 1.165) is 80.8 Å². The number of unbranched alkanes of at least 4 members (excludes halogenated alkanes) is 1. The van der Waals surface area contributed by atoms with Crippen LogP contribution in [0, 0.1) is 0 Å². The summed E-state index contributed by atoms with van der Waals surface area (Å²) in [5.41, 5.74) is 17.6. The zero-order chi connectivity index (χ0) is 25.7. The van der Waals surface area contributed by atoms with Crippen molar-refractivity contribution in [3.63, 3.8) is 0 Å². The van der Waals surface area contributed by atoms with Crippen molar-refractivity contribution in [2.45, 2.75) is 96.2 Å². The van der Waals surface area contributed by atoms with E-state index in [1.165, 1.54) is 29.7 Å². The van der Waals surface area contributed by atoms with Crippen LogP contribution in [-0.4, -0.2) is 42.2 Å². The fourth-order valence-corrected chi connectivity index (χ4v) is 5.74. The number of nitrogens with one attached hydrogen (secondary N) is 1. The van der Waals surface area contributed by atoms with Gasteiger partial charge in [0.2, 0.25) is 5.95 Å². The van der Waals surface area contributed by atoms with Crippen LogP contribution < -0.4 is 26.6 Å². The van der Waals surface area contributed by atoms with Gasteiger partial charge in [-0.25, -0.2) is 9.78 Å². The molecule has 0 spiro atoms. The number of nitrogens with two attached hydrogens (primary N) is 2. The van der Waals surface area contributed by atoms with Crippen LogP contribution in [0.3, 0.4) is 0 Å². The van der Waals surface area contributed by atoms with E-state index < -0.39 is 6.03 Å². The number of carbonyl (C=O) groups excluding carboxylic acids is 1. The molecule has 1 aromatic carbocycles. The maximum atomic E-state index is 12.6. The number of urea groups is 1. The number of carbonyl (C=O) groups is 1. The van der Waals surface area contributed by atoms with Gasteiger partial charge in [0, 0.05) is 38.3 Å². The smallest absolute Gasteiger partial charge is 0.319 e. The Morgan fingerprint density at radius 2 is 1.86 bits per heavy atom. The maximum absolute atomic E-state index is 12.6. The Morgan fingerprint density at radius 1 is 1.11 bits per heavy atom. The third-order valence-corrected chi connectivity index (χ3v) is 7.66. The van der Waals surface area contributed by atoms with Crippen LogP contribution in [0.25, 0.3) is 0 Å². The van der Waals surface area contributed by atoms with E-state index in [9.17, 15) is 4.79 Å². The lowest BCUT2D eigenvalue weighted by Gasteiger charge is -2.37. The summed E-state index contributed by atoms with van der Waals surface area (Å²) in [6.07, 6.45) is 11.4. The Labute approximate surface area is 215 Å². The first-order valence-corrected chi connectivity index (χ1v) is 13.6. The normalized spacial score (nSPS) is 19.4. The van der Waals surface area contributed by atoms with E-state index in [0.29, 0.717) is 6.54 Å². The second-order valence-corrected chi connectivity index (χ2v) is 10.5. The second-order valence-electron chi connectivity index (χ2n) is 10.5. The molecule has 5 N–H and O–H groups in total. The standard InChI is InChI=1S/C28H43N7O/c1-4-5-8-19-11-16-25(20(17-19)18-29)35(27(30)36)22-14-12-21(13-15-22)31-28-32-24-10-7-6-9-23(24)26(33-28)34(2)3/h11,16-17,21-22H,4-10,12-15,18,29H2,1-3H3,(H2,30,36)(H,31,32,33). The maximum Gasteiger partial charge on any atom is 0.319 e. The highest BCUT2D eigenvalue weighted by Gasteiger charge is 2.31. The van der Waals surface area contributed by atoms with Crippen LogP contribution in [0.2, 0.25) is 0 Å². The number of benzene rings is 1. The highest BCUT2D eigenvalue weighted by molar-refractivity contribution is 5.92. The van der Waals surface area contributed by atoms with E-state index >= 15 is 0 Å². The van der Waals surface area contributed by atoms with E-state index in [4.69, 9.17) is 21.4 Å². The molecule has 36 heavy (non-hydrogen) atoms. The summed E-state index contributed by atoms with van der Waals surface area (Å²) in [6.45, 7) is 2.58. The van der Waals surface area contributed by atoms with Gasteiger partial charge in [-0.15, -0.1) is 0 Å². The quantitative estimate of drug-likeness (QED) is 0.473. The summed E-state index contributed by atoms with van der Waals surface area (Å²) < 4.78 is 0. The lowest BCUT2D eigenvalue weighted by Crippen LogP contribution is -2.47. The Morgan fingerprint density at radius 3 is 2.53 bits per heavy atom. The SMILES string of the molecule is CCCCc1ccc(N(C(N)=O)C2CCC(Nc3nc4c(c(N(C)C)n3)CCCC4)CC2)c(CN)c1. The van der Waals surface area contributed by atoms with E-state index in [1.54, 1.807) is 4.90 Å². The van der Waals surface area contributed by atoms with Gasteiger partial charge < -0.3 is 21.7 Å². The summed E-state index contributed by atoms with van der Waals surface area (Å²) >= 11 is 0. The number of hydrogen-bond acceptors (Lipinski definition) is 6. The minimum Gasteiger partial charge on any atom is -0.362 e. The van der Waals surface area contributed by atoms with E-state index in [-0.39, 0.29) is 12.1 Å². The molecule has 1 aromatic heterocycles. The number of rotatable bonds is 9. The molecular formula is C28H43N7O. The topological polar surface area (TPSA) is 113 Å². The van der Waals surface area contributed by atoms with Gasteiger partial charge in [0.15, 0.2) is 0 Å². The Balaban J connectivity index is 1.45. The molecule has 1 saturated carbocycles. The van der Waals surface area contributed by atoms with Crippen molar-refractivity contribution in [3.05, 3.63) is 40.6 Å². The average molecular weight is 494 g/mol. The van der Waals surface area contributed by atoms with Crippen LogP contribution in [0.4, 0.5) is 22.2 Å². The first kappa shape index (κ1) is 26.2. The monoisotopic (exact) mass is 493 g/mol. The third kappa shape index (κ3) is 5.91. The zero-order valence-corrected chi connectivity index (χ0v) is 22.2. The molecule has 2 amide bonds. The number of fused-ring (bicyclic) bond motifs is 1. The molecular weight excluding hydrogens is 450 g/mol. The Bertz CT molecular complexity index is 1050. The van der Waals surface area contributed by atoms with Crippen molar-refractivity contribution in [3.8, 4) is 0 Å². The minimum absolute atomic E-state index is 0.0640. The molecule has 8 nitrogen and oxygen atoms in total. The van der Waals surface area contributed by atoms with Gasteiger partial charge in [-0.3, -0.25) is 4.90 Å². The fraction of sp³-hybridized carbons (Fsp3) is 0.607. The molecule has 0 radical (unpaired) electrons. The van der Waals surface area contributed by atoms with Crippen LogP contribution in [0.5, 0.6) is 0 Å². The predicted molar refractivity (Wildman–Crippen MR) is 148 cm³/mol. The van der Waals surface area contributed by atoms with Gasteiger partial charge in [0.25, 0.3) is 0 Å². The molecule has 4 rings (SSSR count). The summed E-state index contributed by atoms with van der Waals surface area (Å²) in [5.74, 6) is 1.76. The summed E-state index contributed by atoms with van der Waals surface area (Å²) in [7, 11) is 4.10. The van der Waals surface area contributed by atoms with Crippen LogP contribution in [0.1, 0.15) is 80.7 Å². The van der Waals surface area contributed by atoms with Crippen molar-refractivity contribution < 1.29 is 4.79 Å². The summed E-state index contributed by atoms with van der Waals surface area (Å²) in [4.78, 5) is 26.2. The molecule has 1 fully saturated rings. The number of primary amides is 1. The number of nitrogens with zero attached hydrogens (tertiary/aromatic N) is 4. The second kappa shape index (κ2) is 11.9. The first-order chi connectivity index (χ1) is 17.4. The molecule has 0 aliphatic heterocycles. The number of aromatic nitrogens is 2. The van der Waals surface area contributed by atoms with Gasteiger partial charge >= 0.3 is 6.03 Å². The minimum atomic E-state index is -0.406. The van der Waals surface area contributed by atoms with Crippen molar-refractivity contribution in [1.82, 2.24) is 9.97 Å². The molecule has 196 valence electrons. The highest BCUT2D eigenvalue weighted by Crippen LogP contribution is 2.33. The van der Waals surface area contributed by atoms with E-state index in [2.05, 4.69) is 43.4 Å². The van der Waals surface area contributed by atoms with E-state index in [1.807, 2.05) is 6.07 Å². The van der Waals surface area contributed by atoms with Crippen molar-refractivity contribution in [2.24, 2.45) is 11.5 Å². The van der Waals surface area contributed by atoms with Gasteiger partial charge in [-0.05, 0) is 81.4 Å². The van der Waals surface area contributed by atoms with Gasteiger partial charge in [0.05, 0.1) is 11.4 Å². The first-order valence-electron chi connectivity index (χ1n) is 13.6. The lowest BCUT2D eigenvalue weighted by molar-refractivity contribution is 0.248. The Kier molecular flexibility index (Phi) is 8.67. The molecule has 2 aliphatic rings.